The Bertz CT molecular complexity index is 958. The summed E-state index contributed by atoms with van der Waals surface area (Å²) in [5.41, 5.74) is 1.32. The van der Waals surface area contributed by atoms with Gasteiger partial charge in [0.05, 0.1) is 18.5 Å². The van der Waals surface area contributed by atoms with Gasteiger partial charge in [-0.05, 0) is 25.1 Å². The van der Waals surface area contributed by atoms with Crippen LogP contribution in [-0.2, 0) is 7.05 Å². The number of amides is 1. The summed E-state index contributed by atoms with van der Waals surface area (Å²) >= 11 is 0. The molecular formula is C17H17N5O3. The van der Waals surface area contributed by atoms with Crippen molar-refractivity contribution in [3.63, 3.8) is 0 Å². The summed E-state index contributed by atoms with van der Waals surface area (Å²) in [5, 5.41) is 10.2. The molecule has 25 heavy (non-hydrogen) atoms. The van der Waals surface area contributed by atoms with Gasteiger partial charge in [-0.2, -0.15) is 0 Å². The third kappa shape index (κ3) is 3.01. The number of aromatic nitrogens is 4. The number of carbonyl (C=O) groups excluding carboxylic acids is 1. The first-order valence-corrected chi connectivity index (χ1v) is 7.56. The number of anilines is 1. The van der Waals surface area contributed by atoms with E-state index in [-0.39, 0.29) is 16.9 Å². The predicted molar refractivity (Wildman–Crippen MR) is 92.3 cm³/mol. The highest BCUT2D eigenvalue weighted by molar-refractivity contribution is 6.03. The number of benzene rings is 1. The van der Waals surface area contributed by atoms with Gasteiger partial charge in [-0.25, -0.2) is 4.68 Å². The minimum absolute atomic E-state index is 0.0923. The number of methoxy groups -OCH3 is 1. The Labute approximate surface area is 143 Å². The number of hydrogen-bond donors (Lipinski definition) is 1. The Kier molecular flexibility index (Phi) is 4.34. The predicted octanol–water partition coefficient (Wildman–Crippen LogP) is 1.54. The Morgan fingerprint density at radius 3 is 2.44 bits per heavy atom. The summed E-state index contributed by atoms with van der Waals surface area (Å²) in [6.07, 6.45) is 0. The number of ether oxygens (including phenoxy) is 1. The second-order valence-electron chi connectivity index (χ2n) is 5.35. The molecule has 0 unspecified atom stereocenters. The Morgan fingerprint density at radius 1 is 1.12 bits per heavy atom. The third-order valence-corrected chi connectivity index (χ3v) is 3.87. The minimum atomic E-state index is -0.513. The topological polar surface area (TPSA) is 91.0 Å². The van der Waals surface area contributed by atoms with E-state index in [9.17, 15) is 9.59 Å². The van der Waals surface area contributed by atoms with Crippen LogP contribution in [0.3, 0.4) is 0 Å². The molecule has 0 saturated carbocycles. The molecule has 1 amide bonds. The monoisotopic (exact) mass is 339 g/mol. The molecule has 0 bridgehead atoms. The molecule has 0 fully saturated rings. The van der Waals surface area contributed by atoms with Crippen molar-refractivity contribution in [3.05, 3.63) is 64.2 Å². The highest BCUT2D eigenvalue weighted by Crippen LogP contribution is 2.15. The average Bonchev–Trinajstić information content (AvgIpc) is 2.86. The fourth-order valence-electron chi connectivity index (χ4n) is 2.44. The van der Waals surface area contributed by atoms with E-state index in [1.807, 2.05) is 30.3 Å². The van der Waals surface area contributed by atoms with E-state index in [0.717, 1.165) is 0 Å². The Morgan fingerprint density at radius 2 is 1.84 bits per heavy atom. The highest BCUT2D eigenvalue weighted by atomic mass is 16.5. The van der Waals surface area contributed by atoms with Gasteiger partial charge in [-0.15, -0.1) is 10.2 Å². The molecule has 0 spiro atoms. The van der Waals surface area contributed by atoms with Crippen molar-refractivity contribution >= 4 is 11.6 Å². The van der Waals surface area contributed by atoms with E-state index in [0.29, 0.717) is 17.3 Å². The molecule has 0 saturated heterocycles. The van der Waals surface area contributed by atoms with E-state index < -0.39 is 5.91 Å². The molecule has 3 aromatic rings. The molecule has 0 radical (unpaired) electrons. The lowest BCUT2D eigenvalue weighted by Crippen LogP contribution is -2.23. The van der Waals surface area contributed by atoms with E-state index >= 15 is 0 Å². The molecule has 3 rings (SSSR count). The third-order valence-electron chi connectivity index (χ3n) is 3.87. The largest absolute Gasteiger partial charge is 0.480 e. The number of carbonyl (C=O) groups is 1. The van der Waals surface area contributed by atoms with Crippen LogP contribution in [0.15, 0.2) is 47.3 Å². The van der Waals surface area contributed by atoms with Gasteiger partial charge >= 0.3 is 0 Å². The van der Waals surface area contributed by atoms with E-state index in [2.05, 4.69) is 15.5 Å². The SMILES string of the molecule is COc1ccc(C(=O)Nc2c(C)n(C)n(-c3ccccc3)c2=O)nn1. The Balaban J connectivity index is 1.95. The summed E-state index contributed by atoms with van der Waals surface area (Å²) < 4.78 is 8.09. The molecule has 2 aromatic heterocycles. The van der Waals surface area contributed by atoms with Gasteiger partial charge in [0.15, 0.2) is 5.69 Å². The van der Waals surface area contributed by atoms with Crippen molar-refractivity contribution in [1.29, 1.82) is 0 Å². The number of rotatable bonds is 4. The second-order valence-corrected chi connectivity index (χ2v) is 5.35. The number of hydrogen-bond acceptors (Lipinski definition) is 5. The average molecular weight is 339 g/mol. The quantitative estimate of drug-likeness (QED) is 0.778. The molecule has 0 aliphatic carbocycles. The van der Waals surface area contributed by atoms with E-state index in [1.165, 1.54) is 23.9 Å². The summed E-state index contributed by atoms with van der Waals surface area (Å²) in [5.74, 6) is -0.208. The number of nitrogens with zero attached hydrogens (tertiary/aromatic N) is 4. The van der Waals surface area contributed by atoms with Crippen molar-refractivity contribution in [2.75, 3.05) is 12.4 Å². The maximum absolute atomic E-state index is 12.7. The Hall–Kier alpha value is -3.42. The van der Waals surface area contributed by atoms with Crippen molar-refractivity contribution in [3.8, 4) is 11.6 Å². The maximum atomic E-state index is 12.7. The lowest BCUT2D eigenvalue weighted by molar-refractivity contribution is 0.102. The molecule has 8 heteroatoms. The maximum Gasteiger partial charge on any atom is 0.295 e. The van der Waals surface area contributed by atoms with Gasteiger partial charge in [0, 0.05) is 13.1 Å². The standard InChI is InChI=1S/C17H17N5O3/c1-11-15(18-16(23)13-9-10-14(25-3)20-19-13)17(24)22(21(11)2)12-7-5-4-6-8-12/h4-10H,1-3H3,(H,18,23). The van der Waals surface area contributed by atoms with Crippen molar-refractivity contribution in [2.45, 2.75) is 6.92 Å². The molecule has 0 aliphatic heterocycles. The van der Waals surface area contributed by atoms with Crippen LogP contribution in [0, 0.1) is 6.92 Å². The van der Waals surface area contributed by atoms with Crippen molar-refractivity contribution in [2.24, 2.45) is 7.05 Å². The van der Waals surface area contributed by atoms with Crippen LogP contribution in [0.25, 0.3) is 5.69 Å². The van der Waals surface area contributed by atoms with Crippen LogP contribution in [0.4, 0.5) is 5.69 Å². The van der Waals surface area contributed by atoms with Gasteiger partial charge in [0.25, 0.3) is 11.5 Å². The zero-order chi connectivity index (χ0) is 18.0. The van der Waals surface area contributed by atoms with Crippen LogP contribution in [0.1, 0.15) is 16.2 Å². The molecule has 0 atom stereocenters. The highest BCUT2D eigenvalue weighted by Gasteiger charge is 2.19. The van der Waals surface area contributed by atoms with Gasteiger partial charge in [0.2, 0.25) is 5.88 Å². The first kappa shape index (κ1) is 16.4. The van der Waals surface area contributed by atoms with E-state index in [4.69, 9.17) is 4.74 Å². The molecule has 1 N–H and O–H groups in total. The van der Waals surface area contributed by atoms with Crippen molar-refractivity contribution in [1.82, 2.24) is 19.6 Å². The normalized spacial score (nSPS) is 10.5. The van der Waals surface area contributed by atoms with Crippen LogP contribution >= 0.6 is 0 Å². The summed E-state index contributed by atoms with van der Waals surface area (Å²) in [7, 11) is 3.22. The smallest absolute Gasteiger partial charge is 0.295 e. The zero-order valence-corrected chi connectivity index (χ0v) is 14.1. The first-order chi connectivity index (χ1) is 12.0. The van der Waals surface area contributed by atoms with Crippen LogP contribution in [0.5, 0.6) is 5.88 Å². The van der Waals surface area contributed by atoms with Gasteiger partial charge in [0.1, 0.15) is 5.69 Å². The van der Waals surface area contributed by atoms with Gasteiger partial charge < -0.3 is 10.1 Å². The van der Waals surface area contributed by atoms with Gasteiger partial charge in [-0.1, -0.05) is 18.2 Å². The summed E-state index contributed by atoms with van der Waals surface area (Å²) in [6, 6.07) is 12.2. The second kappa shape index (κ2) is 6.60. The van der Waals surface area contributed by atoms with Crippen molar-refractivity contribution < 1.29 is 9.53 Å². The molecule has 128 valence electrons. The molecule has 2 heterocycles. The molecule has 0 aliphatic rings. The lowest BCUT2D eigenvalue weighted by Gasteiger charge is -2.07. The fraction of sp³-hybridized carbons (Fsp3) is 0.176. The van der Waals surface area contributed by atoms with Crippen LogP contribution in [0.2, 0.25) is 0 Å². The molecule has 8 nitrogen and oxygen atoms in total. The summed E-state index contributed by atoms with van der Waals surface area (Å²) in [6.45, 7) is 1.76. The fourth-order valence-corrected chi connectivity index (χ4v) is 2.44. The number of para-hydroxylation sites is 1. The number of nitrogens with one attached hydrogen (secondary N) is 1. The van der Waals surface area contributed by atoms with Crippen LogP contribution < -0.4 is 15.6 Å². The zero-order valence-electron chi connectivity index (χ0n) is 14.1. The first-order valence-electron chi connectivity index (χ1n) is 7.56. The lowest BCUT2D eigenvalue weighted by atomic mass is 10.3. The molecule has 1 aromatic carbocycles. The van der Waals surface area contributed by atoms with Crippen LogP contribution in [-0.4, -0.2) is 32.6 Å². The van der Waals surface area contributed by atoms with Gasteiger partial charge in [-0.3, -0.25) is 14.3 Å². The minimum Gasteiger partial charge on any atom is -0.480 e. The summed E-state index contributed by atoms with van der Waals surface area (Å²) in [4.78, 5) is 25.1. The molecular weight excluding hydrogens is 322 g/mol. The van der Waals surface area contributed by atoms with E-state index in [1.54, 1.807) is 18.7 Å².